The number of aromatic nitrogens is 2. The Kier molecular flexibility index (Phi) is 4.11. The summed E-state index contributed by atoms with van der Waals surface area (Å²) < 4.78 is 5.50. The van der Waals surface area contributed by atoms with E-state index in [2.05, 4.69) is 32.3 Å². The third-order valence-corrected chi connectivity index (χ3v) is 3.08. The predicted octanol–water partition coefficient (Wildman–Crippen LogP) is 2.41. The van der Waals surface area contributed by atoms with Gasteiger partial charge in [0.25, 0.3) is 0 Å². The minimum absolute atomic E-state index is 0.0872. The van der Waals surface area contributed by atoms with Crippen LogP contribution < -0.4 is 10.6 Å². The van der Waals surface area contributed by atoms with Crippen LogP contribution in [-0.4, -0.2) is 16.7 Å². The molecular weight excluding hydrogens is 236 g/mol. The summed E-state index contributed by atoms with van der Waals surface area (Å²) in [6, 6.07) is 2.62. The van der Waals surface area contributed by atoms with Crippen LogP contribution in [0.2, 0.25) is 0 Å². The number of hydrogen-bond acceptors (Lipinski definition) is 6. The maximum absolute atomic E-state index is 5.50. The zero-order valence-corrected chi connectivity index (χ0v) is 10.8. The van der Waals surface area contributed by atoms with Crippen LogP contribution in [0.4, 0.5) is 6.01 Å². The molecule has 2 aromatic rings. The second-order valence-corrected chi connectivity index (χ2v) is 4.49. The Morgan fingerprint density at radius 1 is 1.47 bits per heavy atom. The Bertz CT molecular complexity index is 440. The van der Waals surface area contributed by atoms with Gasteiger partial charge < -0.3 is 15.1 Å². The molecule has 0 aliphatic rings. The maximum Gasteiger partial charge on any atom is 0.315 e. The third kappa shape index (κ3) is 3.28. The van der Waals surface area contributed by atoms with Crippen molar-refractivity contribution in [2.24, 2.45) is 0 Å². The smallest absolute Gasteiger partial charge is 0.315 e. The van der Waals surface area contributed by atoms with E-state index in [1.165, 1.54) is 5.56 Å². The molecule has 0 bridgehead atoms. The normalized spacial score (nSPS) is 12.6. The highest BCUT2D eigenvalue weighted by atomic mass is 32.1. The quantitative estimate of drug-likeness (QED) is 0.826. The van der Waals surface area contributed by atoms with Crippen LogP contribution in [0.1, 0.15) is 31.3 Å². The molecule has 0 saturated carbocycles. The van der Waals surface area contributed by atoms with Crippen molar-refractivity contribution < 1.29 is 4.42 Å². The Morgan fingerprint density at radius 3 is 3.06 bits per heavy atom. The molecule has 0 spiro atoms. The van der Waals surface area contributed by atoms with Crippen LogP contribution >= 0.6 is 11.3 Å². The lowest BCUT2D eigenvalue weighted by Crippen LogP contribution is -2.17. The van der Waals surface area contributed by atoms with E-state index in [0.717, 1.165) is 6.54 Å². The Labute approximate surface area is 104 Å². The fourth-order valence-corrected chi connectivity index (χ4v) is 2.11. The lowest BCUT2D eigenvalue weighted by atomic mass is 10.3. The van der Waals surface area contributed by atoms with Crippen molar-refractivity contribution >= 4 is 17.4 Å². The summed E-state index contributed by atoms with van der Waals surface area (Å²) in [5, 5.41) is 18.4. The largest absolute Gasteiger partial charge is 0.406 e. The van der Waals surface area contributed by atoms with Crippen molar-refractivity contribution in [2.75, 3.05) is 11.9 Å². The van der Waals surface area contributed by atoms with Crippen molar-refractivity contribution in [3.8, 4) is 0 Å². The van der Waals surface area contributed by atoms with Gasteiger partial charge in [-0.25, -0.2) is 0 Å². The minimum Gasteiger partial charge on any atom is -0.406 e. The molecule has 0 fully saturated rings. The standard InChI is InChI=1S/C11H16N4OS/c1-3-12-8(2)10-14-15-11(16-10)13-6-9-4-5-17-7-9/h4-5,7-8,12H,3,6H2,1-2H3,(H,13,15). The number of nitrogens with one attached hydrogen (secondary N) is 2. The number of nitrogens with zero attached hydrogens (tertiary/aromatic N) is 2. The summed E-state index contributed by atoms with van der Waals surface area (Å²) in [4.78, 5) is 0. The van der Waals surface area contributed by atoms with E-state index in [0.29, 0.717) is 18.5 Å². The monoisotopic (exact) mass is 252 g/mol. The molecule has 92 valence electrons. The van der Waals surface area contributed by atoms with Gasteiger partial charge in [0.15, 0.2) is 0 Å². The average Bonchev–Trinajstić information content (AvgIpc) is 2.98. The molecule has 0 aliphatic carbocycles. The zero-order chi connectivity index (χ0) is 12.1. The summed E-state index contributed by atoms with van der Waals surface area (Å²) in [6.45, 7) is 5.63. The summed E-state index contributed by atoms with van der Waals surface area (Å²) in [6.07, 6.45) is 0. The molecule has 1 unspecified atom stereocenters. The highest BCUT2D eigenvalue weighted by Gasteiger charge is 2.12. The molecule has 0 aromatic carbocycles. The molecule has 2 heterocycles. The van der Waals surface area contributed by atoms with Gasteiger partial charge in [-0.15, -0.1) is 5.10 Å². The highest BCUT2D eigenvalue weighted by Crippen LogP contribution is 2.14. The van der Waals surface area contributed by atoms with E-state index < -0.39 is 0 Å². The van der Waals surface area contributed by atoms with Crippen LogP contribution in [0.5, 0.6) is 0 Å². The summed E-state index contributed by atoms with van der Waals surface area (Å²) >= 11 is 1.67. The summed E-state index contributed by atoms with van der Waals surface area (Å²) in [5.41, 5.74) is 1.22. The van der Waals surface area contributed by atoms with Crippen LogP contribution in [0.25, 0.3) is 0 Å². The van der Waals surface area contributed by atoms with E-state index in [9.17, 15) is 0 Å². The van der Waals surface area contributed by atoms with Crippen molar-refractivity contribution in [1.82, 2.24) is 15.5 Å². The van der Waals surface area contributed by atoms with Crippen LogP contribution in [-0.2, 0) is 6.54 Å². The highest BCUT2D eigenvalue weighted by molar-refractivity contribution is 7.07. The molecule has 2 rings (SSSR count). The van der Waals surface area contributed by atoms with Gasteiger partial charge in [0.1, 0.15) is 0 Å². The topological polar surface area (TPSA) is 63.0 Å². The van der Waals surface area contributed by atoms with Gasteiger partial charge in [-0.1, -0.05) is 12.0 Å². The maximum atomic E-state index is 5.50. The fraction of sp³-hybridized carbons (Fsp3) is 0.455. The second-order valence-electron chi connectivity index (χ2n) is 3.71. The van der Waals surface area contributed by atoms with Gasteiger partial charge in [0.2, 0.25) is 5.89 Å². The van der Waals surface area contributed by atoms with Gasteiger partial charge in [-0.05, 0) is 35.9 Å². The molecular formula is C11H16N4OS. The van der Waals surface area contributed by atoms with Gasteiger partial charge >= 0.3 is 6.01 Å². The molecule has 17 heavy (non-hydrogen) atoms. The number of anilines is 1. The molecule has 0 aliphatic heterocycles. The molecule has 2 N–H and O–H groups in total. The molecule has 0 radical (unpaired) electrons. The van der Waals surface area contributed by atoms with E-state index in [4.69, 9.17) is 4.42 Å². The zero-order valence-electron chi connectivity index (χ0n) is 9.93. The van der Waals surface area contributed by atoms with Crippen molar-refractivity contribution in [3.05, 3.63) is 28.3 Å². The molecule has 1 atom stereocenters. The molecule has 6 heteroatoms. The minimum atomic E-state index is 0.0872. The second kappa shape index (κ2) is 5.79. The first kappa shape index (κ1) is 12.1. The van der Waals surface area contributed by atoms with E-state index in [1.54, 1.807) is 11.3 Å². The van der Waals surface area contributed by atoms with Crippen LogP contribution in [0, 0.1) is 0 Å². The average molecular weight is 252 g/mol. The van der Waals surface area contributed by atoms with Gasteiger partial charge in [0.05, 0.1) is 6.04 Å². The Hall–Kier alpha value is -1.40. The van der Waals surface area contributed by atoms with Gasteiger partial charge in [-0.3, -0.25) is 0 Å². The number of thiophene rings is 1. The van der Waals surface area contributed by atoms with Crippen molar-refractivity contribution in [2.45, 2.75) is 26.4 Å². The Morgan fingerprint density at radius 2 is 2.35 bits per heavy atom. The third-order valence-electron chi connectivity index (χ3n) is 2.35. The van der Waals surface area contributed by atoms with Crippen molar-refractivity contribution in [3.63, 3.8) is 0 Å². The summed E-state index contributed by atoms with van der Waals surface area (Å²) in [5.74, 6) is 0.611. The van der Waals surface area contributed by atoms with Gasteiger partial charge in [0, 0.05) is 6.54 Å². The molecule has 0 amide bonds. The summed E-state index contributed by atoms with van der Waals surface area (Å²) in [7, 11) is 0. The van der Waals surface area contributed by atoms with E-state index >= 15 is 0 Å². The first-order valence-electron chi connectivity index (χ1n) is 5.61. The van der Waals surface area contributed by atoms with Crippen LogP contribution in [0.3, 0.4) is 0 Å². The fourth-order valence-electron chi connectivity index (χ4n) is 1.45. The van der Waals surface area contributed by atoms with Crippen molar-refractivity contribution in [1.29, 1.82) is 0 Å². The first-order valence-corrected chi connectivity index (χ1v) is 6.55. The Balaban J connectivity index is 1.89. The van der Waals surface area contributed by atoms with E-state index in [1.807, 2.05) is 19.2 Å². The predicted molar refractivity (Wildman–Crippen MR) is 68.0 cm³/mol. The molecule has 0 saturated heterocycles. The van der Waals surface area contributed by atoms with Gasteiger partial charge in [-0.2, -0.15) is 11.3 Å². The molecule has 2 aromatic heterocycles. The molecule has 5 nitrogen and oxygen atoms in total. The van der Waals surface area contributed by atoms with Crippen LogP contribution in [0.15, 0.2) is 21.2 Å². The first-order chi connectivity index (χ1) is 8.29. The SMILES string of the molecule is CCNC(C)c1nnc(NCc2ccsc2)o1. The number of hydrogen-bond donors (Lipinski definition) is 2. The lowest BCUT2D eigenvalue weighted by Gasteiger charge is -2.05. The number of rotatable bonds is 6. The lowest BCUT2D eigenvalue weighted by molar-refractivity contribution is 0.428. The van der Waals surface area contributed by atoms with E-state index in [-0.39, 0.29) is 6.04 Å².